The van der Waals surface area contributed by atoms with Crippen molar-refractivity contribution in [3.63, 3.8) is 0 Å². The van der Waals surface area contributed by atoms with E-state index in [1.807, 2.05) is 13.0 Å². The third-order valence-electron chi connectivity index (χ3n) is 2.66. The average molecular weight is 258 g/mol. The predicted octanol–water partition coefficient (Wildman–Crippen LogP) is 3.23. The molecule has 0 saturated carbocycles. The third kappa shape index (κ3) is 4.82. The first kappa shape index (κ1) is 14.1. The number of furan rings is 1. The van der Waals surface area contributed by atoms with Crippen LogP contribution in [-0.4, -0.2) is 18.3 Å². The number of aryl methyl sites for hydroxylation is 1. The van der Waals surface area contributed by atoms with E-state index in [-0.39, 0.29) is 5.91 Å². The fourth-order valence-corrected chi connectivity index (χ4v) is 1.66. The van der Waals surface area contributed by atoms with E-state index in [1.165, 1.54) is 0 Å². The molecule has 0 radical (unpaired) electrons. The van der Waals surface area contributed by atoms with Crippen molar-refractivity contribution in [2.45, 2.75) is 33.1 Å². The maximum Gasteiger partial charge on any atom is 0.286 e. The topological polar surface area (TPSA) is 42.2 Å². The first-order chi connectivity index (χ1) is 8.17. The van der Waals surface area contributed by atoms with E-state index in [9.17, 15) is 4.79 Å². The van der Waals surface area contributed by atoms with Gasteiger partial charge in [-0.3, -0.25) is 4.79 Å². The van der Waals surface area contributed by atoms with Gasteiger partial charge in [0.1, 0.15) is 5.76 Å². The number of amides is 1. The predicted molar refractivity (Wildman–Crippen MR) is 69.5 cm³/mol. The molecule has 0 spiro atoms. The Bertz CT molecular complexity index is 349. The van der Waals surface area contributed by atoms with Crippen LogP contribution in [-0.2, 0) is 6.42 Å². The second kappa shape index (κ2) is 7.38. The molecule has 1 aromatic heterocycles. The molecule has 1 amide bonds. The minimum Gasteiger partial charge on any atom is -0.456 e. The zero-order chi connectivity index (χ0) is 12.7. The smallest absolute Gasteiger partial charge is 0.286 e. The number of nitrogens with one attached hydrogen (secondary N) is 1. The zero-order valence-corrected chi connectivity index (χ0v) is 11.2. The SMILES string of the molecule is CCc1ccc(C(=O)NCCCC(C)CCl)o1. The standard InChI is InChI=1S/C13H20ClNO2/c1-3-11-6-7-12(17-11)13(16)15-8-4-5-10(2)9-14/h6-7,10H,3-5,8-9H2,1-2H3,(H,15,16). The van der Waals surface area contributed by atoms with Crippen molar-refractivity contribution in [1.29, 1.82) is 0 Å². The summed E-state index contributed by atoms with van der Waals surface area (Å²) in [5.41, 5.74) is 0. The highest BCUT2D eigenvalue weighted by atomic mass is 35.5. The van der Waals surface area contributed by atoms with Gasteiger partial charge in [0.15, 0.2) is 5.76 Å². The van der Waals surface area contributed by atoms with Gasteiger partial charge >= 0.3 is 0 Å². The molecule has 0 fully saturated rings. The highest BCUT2D eigenvalue weighted by Gasteiger charge is 2.09. The second-order valence-electron chi connectivity index (χ2n) is 4.28. The Kier molecular flexibility index (Phi) is 6.12. The Labute approximate surface area is 108 Å². The van der Waals surface area contributed by atoms with E-state index < -0.39 is 0 Å². The van der Waals surface area contributed by atoms with Gasteiger partial charge in [0.25, 0.3) is 5.91 Å². The van der Waals surface area contributed by atoms with Gasteiger partial charge in [-0.1, -0.05) is 13.8 Å². The van der Waals surface area contributed by atoms with E-state index >= 15 is 0 Å². The summed E-state index contributed by atoms with van der Waals surface area (Å²) >= 11 is 5.71. The van der Waals surface area contributed by atoms with Crippen LogP contribution in [0.4, 0.5) is 0 Å². The first-order valence-corrected chi connectivity index (χ1v) is 6.63. The van der Waals surface area contributed by atoms with Gasteiger partial charge in [-0.2, -0.15) is 0 Å². The van der Waals surface area contributed by atoms with Crippen molar-refractivity contribution < 1.29 is 9.21 Å². The molecule has 1 heterocycles. The molecule has 17 heavy (non-hydrogen) atoms. The Balaban J connectivity index is 2.25. The number of hydrogen-bond acceptors (Lipinski definition) is 2. The van der Waals surface area contributed by atoms with Gasteiger partial charge in [0.2, 0.25) is 0 Å². The molecule has 1 N–H and O–H groups in total. The van der Waals surface area contributed by atoms with Crippen molar-refractivity contribution in [3.05, 3.63) is 23.7 Å². The number of carbonyl (C=O) groups is 1. The zero-order valence-electron chi connectivity index (χ0n) is 10.5. The monoisotopic (exact) mass is 257 g/mol. The van der Waals surface area contributed by atoms with Crippen LogP contribution < -0.4 is 5.32 Å². The first-order valence-electron chi connectivity index (χ1n) is 6.10. The lowest BCUT2D eigenvalue weighted by Gasteiger charge is -2.07. The third-order valence-corrected chi connectivity index (χ3v) is 3.18. The van der Waals surface area contributed by atoms with E-state index in [0.29, 0.717) is 24.1 Å². The van der Waals surface area contributed by atoms with Crippen molar-refractivity contribution in [2.24, 2.45) is 5.92 Å². The fraction of sp³-hybridized carbons (Fsp3) is 0.615. The summed E-state index contributed by atoms with van der Waals surface area (Å²) in [6.07, 6.45) is 2.78. The van der Waals surface area contributed by atoms with Crippen LogP contribution in [0.25, 0.3) is 0 Å². The Morgan fingerprint density at radius 1 is 1.53 bits per heavy atom. The van der Waals surface area contributed by atoms with E-state index in [2.05, 4.69) is 12.2 Å². The van der Waals surface area contributed by atoms with E-state index in [1.54, 1.807) is 6.07 Å². The van der Waals surface area contributed by atoms with Gasteiger partial charge in [0, 0.05) is 18.8 Å². The molecule has 1 atom stereocenters. The molecular formula is C13H20ClNO2. The summed E-state index contributed by atoms with van der Waals surface area (Å²) in [6, 6.07) is 3.56. The van der Waals surface area contributed by atoms with Crippen LogP contribution in [0, 0.1) is 5.92 Å². The lowest BCUT2D eigenvalue weighted by atomic mass is 10.1. The van der Waals surface area contributed by atoms with Crippen LogP contribution in [0.3, 0.4) is 0 Å². The lowest BCUT2D eigenvalue weighted by molar-refractivity contribution is 0.0923. The van der Waals surface area contributed by atoms with Gasteiger partial charge in [-0.05, 0) is 30.9 Å². The fourth-order valence-electron chi connectivity index (χ4n) is 1.51. The van der Waals surface area contributed by atoms with Crippen LogP contribution in [0.1, 0.15) is 43.0 Å². The molecule has 0 bridgehead atoms. The van der Waals surface area contributed by atoms with Crippen molar-refractivity contribution in [1.82, 2.24) is 5.32 Å². The van der Waals surface area contributed by atoms with Gasteiger partial charge in [-0.25, -0.2) is 0 Å². The molecule has 0 aromatic carbocycles. The quantitative estimate of drug-likeness (QED) is 0.602. The van der Waals surface area contributed by atoms with Crippen LogP contribution in [0.5, 0.6) is 0 Å². The summed E-state index contributed by atoms with van der Waals surface area (Å²) in [7, 11) is 0. The Morgan fingerprint density at radius 3 is 2.88 bits per heavy atom. The minimum atomic E-state index is -0.136. The lowest BCUT2D eigenvalue weighted by Crippen LogP contribution is -2.24. The van der Waals surface area contributed by atoms with Gasteiger partial charge in [-0.15, -0.1) is 11.6 Å². The molecule has 0 aliphatic carbocycles. The van der Waals surface area contributed by atoms with Gasteiger partial charge in [0.05, 0.1) is 0 Å². The van der Waals surface area contributed by atoms with E-state index in [4.69, 9.17) is 16.0 Å². The Morgan fingerprint density at radius 2 is 2.29 bits per heavy atom. The number of carbonyl (C=O) groups excluding carboxylic acids is 1. The molecule has 1 rings (SSSR count). The molecular weight excluding hydrogens is 238 g/mol. The highest BCUT2D eigenvalue weighted by Crippen LogP contribution is 2.09. The number of alkyl halides is 1. The van der Waals surface area contributed by atoms with Crippen molar-refractivity contribution >= 4 is 17.5 Å². The molecule has 0 aliphatic rings. The summed E-state index contributed by atoms with van der Waals surface area (Å²) in [5.74, 6) is 2.27. The molecule has 4 heteroatoms. The highest BCUT2D eigenvalue weighted by molar-refractivity contribution is 6.18. The summed E-state index contributed by atoms with van der Waals surface area (Å²) in [5, 5.41) is 2.84. The maximum absolute atomic E-state index is 11.7. The normalized spacial score (nSPS) is 12.4. The van der Waals surface area contributed by atoms with Crippen LogP contribution in [0.2, 0.25) is 0 Å². The number of halogens is 1. The second-order valence-corrected chi connectivity index (χ2v) is 4.59. The number of rotatable bonds is 7. The van der Waals surface area contributed by atoms with Gasteiger partial charge < -0.3 is 9.73 Å². The molecule has 0 saturated heterocycles. The number of hydrogen-bond donors (Lipinski definition) is 1. The molecule has 0 aliphatic heterocycles. The minimum absolute atomic E-state index is 0.136. The average Bonchev–Trinajstić information content (AvgIpc) is 2.82. The summed E-state index contributed by atoms with van der Waals surface area (Å²) in [4.78, 5) is 11.7. The maximum atomic E-state index is 11.7. The summed E-state index contributed by atoms with van der Waals surface area (Å²) < 4.78 is 5.36. The van der Waals surface area contributed by atoms with Crippen molar-refractivity contribution in [2.75, 3.05) is 12.4 Å². The van der Waals surface area contributed by atoms with Crippen LogP contribution in [0.15, 0.2) is 16.5 Å². The molecule has 3 nitrogen and oxygen atoms in total. The van der Waals surface area contributed by atoms with E-state index in [0.717, 1.165) is 25.0 Å². The molecule has 96 valence electrons. The molecule has 1 unspecified atom stereocenters. The summed E-state index contributed by atoms with van der Waals surface area (Å²) in [6.45, 7) is 4.77. The molecule has 1 aromatic rings. The van der Waals surface area contributed by atoms with Crippen LogP contribution >= 0.6 is 11.6 Å². The largest absolute Gasteiger partial charge is 0.456 e. The Hall–Kier alpha value is -0.960. The van der Waals surface area contributed by atoms with Crippen molar-refractivity contribution in [3.8, 4) is 0 Å².